The lowest BCUT2D eigenvalue weighted by atomic mass is 9.85. The van der Waals surface area contributed by atoms with Crippen molar-refractivity contribution >= 4 is 0 Å². The minimum Gasteiger partial charge on any atom is -0.307 e. The maximum atomic E-state index is 3.87. The molecule has 1 saturated carbocycles. The molecule has 0 aromatic heterocycles. The summed E-state index contributed by atoms with van der Waals surface area (Å²) in [6, 6.07) is 7.97. The lowest BCUT2D eigenvalue weighted by Gasteiger charge is -2.25. The van der Waals surface area contributed by atoms with Gasteiger partial charge in [0.1, 0.15) is 0 Å². The van der Waals surface area contributed by atoms with E-state index in [0.717, 1.165) is 0 Å². The first-order chi connectivity index (χ1) is 9.37. The van der Waals surface area contributed by atoms with Crippen LogP contribution in [0.2, 0.25) is 0 Å². The van der Waals surface area contributed by atoms with Crippen LogP contribution < -0.4 is 5.32 Å². The highest BCUT2D eigenvalue weighted by Crippen LogP contribution is 2.34. The molecule has 0 spiro atoms. The van der Waals surface area contributed by atoms with Crippen LogP contribution in [0.5, 0.6) is 0 Å². The van der Waals surface area contributed by atoms with Crippen molar-refractivity contribution < 1.29 is 0 Å². The molecule has 20 heavy (non-hydrogen) atoms. The highest BCUT2D eigenvalue weighted by molar-refractivity contribution is 5.32. The topological polar surface area (TPSA) is 12.0 Å². The number of rotatable bonds is 3. The Balaban J connectivity index is 1.98. The molecule has 1 nitrogen and oxygen atoms in total. The summed E-state index contributed by atoms with van der Waals surface area (Å²) in [5, 5.41) is 3.87. The minimum absolute atomic E-state index is 0.460. The Kier molecular flexibility index (Phi) is 4.90. The van der Waals surface area contributed by atoms with Crippen LogP contribution in [-0.4, -0.2) is 6.04 Å². The summed E-state index contributed by atoms with van der Waals surface area (Å²) < 4.78 is 0. The van der Waals surface area contributed by atoms with Crippen molar-refractivity contribution in [2.24, 2.45) is 5.41 Å². The van der Waals surface area contributed by atoms with Gasteiger partial charge in [0.25, 0.3) is 0 Å². The zero-order valence-electron chi connectivity index (χ0n) is 13.9. The van der Waals surface area contributed by atoms with Gasteiger partial charge < -0.3 is 5.32 Å². The predicted molar refractivity (Wildman–Crippen MR) is 88.1 cm³/mol. The fourth-order valence-electron chi connectivity index (χ4n) is 3.58. The third kappa shape index (κ3) is 4.09. The molecule has 2 atom stereocenters. The molecule has 1 aliphatic carbocycles. The minimum atomic E-state index is 0.460. The van der Waals surface area contributed by atoms with Crippen LogP contribution in [0.15, 0.2) is 18.2 Å². The Labute approximate surface area is 125 Å². The second kappa shape index (κ2) is 6.30. The van der Waals surface area contributed by atoms with Gasteiger partial charge in [0.2, 0.25) is 0 Å². The number of hydrogen-bond acceptors (Lipinski definition) is 1. The summed E-state index contributed by atoms with van der Waals surface area (Å²) in [6.07, 6.45) is 6.75. The van der Waals surface area contributed by atoms with Crippen LogP contribution in [0.1, 0.15) is 75.6 Å². The molecule has 2 unspecified atom stereocenters. The normalized spacial score (nSPS) is 24.1. The average Bonchev–Trinajstić information content (AvgIpc) is 2.51. The fourth-order valence-corrected chi connectivity index (χ4v) is 3.58. The molecule has 1 heteroatoms. The predicted octanol–water partition coefficient (Wildman–Crippen LogP) is 5.31. The van der Waals surface area contributed by atoms with Crippen LogP contribution in [-0.2, 0) is 0 Å². The number of nitrogens with one attached hydrogen (secondary N) is 1. The summed E-state index contributed by atoms with van der Waals surface area (Å²) >= 11 is 0. The van der Waals surface area contributed by atoms with Gasteiger partial charge in [-0.1, -0.05) is 44.0 Å². The second-order valence-electron chi connectivity index (χ2n) is 7.54. The molecular formula is C19H31N. The number of hydrogen-bond donors (Lipinski definition) is 1. The van der Waals surface area contributed by atoms with E-state index >= 15 is 0 Å². The summed E-state index contributed by atoms with van der Waals surface area (Å²) in [5.74, 6) is 0. The van der Waals surface area contributed by atoms with Gasteiger partial charge in [-0.25, -0.2) is 0 Å². The number of aryl methyl sites for hydroxylation is 2. The molecule has 0 heterocycles. The van der Waals surface area contributed by atoms with Gasteiger partial charge in [-0.2, -0.15) is 0 Å². The van der Waals surface area contributed by atoms with Crippen LogP contribution in [0.4, 0.5) is 0 Å². The van der Waals surface area contributed by atoms with Gasteiger partial charge in [0.15, 0.2) is 0 Å². The summed E-state index contributed by atoms with van der Waals surface area (Å²) in [4.78, 5) is 0. The first-order valence-electron chi connectivity index (χ1n) is 8.21. The van der Waals surface area contributed by atoms with Crippen molar-refractivity contribution in [3.8, 4) is 0 Å². The fraction of sp³-hybridized carbons (Fsp3) is 0.684. The quantitative estimate of drug-likeness (QED) is 0.736. The standard InChI is InChI=1S/C19H31N/c1-14-8-9-18(15(2)13-14)16(3)20-17-7-6-11-19(4,5)12-10-17/h8-9,13,16-17,20H,6-7,10-12H2,1-5H3. The molecule has 1 aromatic carbocycles. The highest BCUT2D eigenvalue weighted by Gasteiger charge is 2.25. The van der Waals surface area contributed by atoms with E-state index in [4.69, 9.17) is 0 Å². The molecule has 1 fully saturated rings. The first-order valence-corrected chi connectivity index (χ1v) is 8.21. The Bertz CT molecular complexity index is 447. The van der Waals surface area contributed by atoms with Crippen molar-refractivity contribution in [3.05, 3.63) is 34.9 Å². The Morgan fingerprint density at radius 1 is 1.15 bits per heavy atom. The Morgan fingerprint density at radius 3 is 2.60 bits per heavy atom. The van der Waals surface area contributed by atoms with Crippen LogP contribution in [0, 0.1) is 19.3 Å². The molecule has 112 valence electrons. The van der Waals surface area contributed by atoms with Crippen LogP contribution >= 0.6 is 0 Å². The Morgan fingerprint density at radius 2 is 1.90 bits per heavy atom. The monoisotopic (exact) mass is 273 g/mol. The molecule has 1 aromatic rings. The van der Waals surface area contributed by atoms with E-state index in [9.17, 15) is 0 Å². The largest absolute Gasteiger partial charge is 0.307 e. The van der Waals surface area contributed by atoms with Gasteiger partial charge in [0, 0.05) is 12.1 Å². The lowest BCUT2D eigenvalue weighted by molar-refractivity contribution is 0.307. The zero-order chi connectivity index (χ0) is 14.8. The van der Waals surface area contributed by atoms with Crippen LogP contribution in [0.3, 0.4) is 0 Å². The third-order valence-electron chi connectivity index (χ3n) is 4.95. The summed E-state index contributed by atoms with van der Waals surface area (Å²) in [6.45, 7) is 11.6. The summed E-state index contributed by atoms with van der Waals surface area (Å²) in [5.41, 5.74) is 4.77. The van der Waals surface area contributed by atoms with Crippen molar-refractivity contribution in [2.45, 2.75) is 78.8 Å². The molecule has 0 aliphatic heterocycles. The van der Waals surface area contributed by atoms with E-state index in [-0.39, 0.29) is 0 Å². The van der Waals surface area contributed by atoms with E-state index in [1.54, 1.807) is 0 Å². The molecule has 0 radical (unpaired) electrons. The highest BCUT2D eigenvalue weighted by atomic mass is 14.9. The Hall–Kier alpha value is -0.820. The molecule has 2 rings (SSSR count). The second-order valence-corrected chi connectivity index (χ2v) is 7.54. The van der Waals surface area contributed by atoms with Gasteiger partial charge in [0.05, 0.1) is 0 Å². The van der Waals surface area contributed by atoms with E-state index < -0.39 is 0 Å². The first kappa shape index (κ1) is 15.6. The van der Waals surface area contributed by atoms with E-state index in [1.807, 2.05) is 0 Å². The average molecular weight is 273 g/mol. The zero-order valence-corrected chi connectivity index (χ0v) is 13.9. The summed E-state index contributed by atoms with van der Waals surface area (Å²) in [7, 11) is 0. The smallest absolute Gasteiger partial charge is 0.0296 e. The van der Waals surface area contributed by atoms with E-state index in [2.05, 4.69) is 58.1 Å². The van der Waals surface area contributed by atoms with Crippen LogP contribution in [0.25, 0.3) is 0 Å². The van der Waals surface area contributed by atoms with Crippen molar-refractivity contribution in [1.82, 2.24) is 5.32 Å². The molecule has 0 saturated heterocycles. The van der Waals surface area contributed by atoms with Gasteiger partial charge in [-0.3, -0.25) is 0 Å². The lowest BCUT2D eigenvalue weighted by Crippen LogP contribution is -2.31. The van der Waals surface area contributed by atoms with Crippen molar-refractivity contribution in [1.29, 1.82) is 0 Å². The molecule has 0 amide bonds. The van der Waals surface area contributed by atoms with Gasteiger partial charge >= 0.3 is 0 Å². The van der Waals surface area contributed by atoms with E-state index in [1.165, 1.54) is 48.8 Å². The van der Waals surface area contributed by atoms with E-state index in [0.29, 0.717) is 17.5 Å². The third-order valence-corrected chi connectivity index (χ3v) is 4.95. The molecule has 1 N–H and O–H groups in total. The molecule has 1 aliphatic rings. The molecular weight excluding hydrogens is 242 g/mol. The van der Waals surface area contributed by atoms with Crippen molar-refractivity contribution in [3.63, 3.8) is 0 Å². The maximum Gasteiger partial charge on any atom is 0.0296 e. The van der Waals surface area contributed by atoms with Gasteiger partial charge in [-0.05, 0) is 63.0 Å². The van der Waals surface area contributed by atoms with Crippen molar-refractivity contribution in [2.75, 3.05) is 0 Å². The SMILES string of the molecule is Cc1ccc(C(C)NC2CCCC(C)(C)CC2)c(C)c1. The molecule has 0 bridgehead atoms. The number of benzene rings is 1. The maximum absolute atomic E-state index is 3.87. The van der Waals surface area contributed by atoms with Gasteiger partial charge in [-0.15, -0.1) is 0 Å².